The fourth-order valence-corrected chi connectivity index (χ4v) is 1.94. The molecular weight excluding hydrogens is 204 g/mol. The van der Waals surface area contributed by atoms with E-state index in [1.165, 1.54) is 36.3 Å². The van der Waals surface area contributed by atoms with Crippen molar-refractivity contribution in [2.24, 2.45) is 0 Å². The molecule has 2 nitrogen and oxygen atoms in total. The van der Waals surface area contributed by atoms with Gasteiger partial charge in [-0.25, -0.2) is 0 Å². The normalized spacial score (nSPS) is 10.3. The van der Waals surface area contributed by atoms with Crippen LogP contribution >= 0.6 is 11.8 Å². The molecule has 0 aliphatic rings. The highest BCUT2D eigenvalue weighted by Gasteiger charge is 1.95. The summed E-state index contributed by atoms with van der Waals surface area (Å²) in [5.74, 6) is 1.29. The maximum Gasteiger partial charge on any atom is 0.0400 e. The second-order valence-corrected chi connectivity index (χ2v) is 4.66. The average molecular weight is 224 g/mol. The summed E-state index contributed by atoms with van der Waals surface area (Å²) < 4.78 is 0. The number of nitrogens with zero attached hydrogens (tertiary/aromatic N) is 1. The topological polar surface area (TPSA) is 24.9 Å². The van der Waals surface area contributed by atoms with Crippen molar-refractivity contribution in [1.82, 2.24) is 4.98 Å². The first kappa shape index (κ1) is 12.4. The summed E-state index contributed by atoms with van der Waals surface area (Å²) in [7, 11) is 0. The SMILES string of the molecule is CSCCCCCNc1ccncc1C. The Morgan fingerprint density at radius 3 is 2.93 bits per heavy atom. The van der Waals surface area contributed by atoms with Gasteiger partial charge in [-0.15, -0.1) is 0 Å². The molecule has 84 valence electrons. The van der Waals surface area contributed by atoms with Gasteiger partial charge < -0.3 is 5.32 Å². The predicted molar refractivity (Wildman–Crippen MR) is 69.7 cm³/mol. The summed E-state index contributed by atoms with van der Waals surface area (Å²) in [5, 5.41) is 3.44. The van der Waals surface area contributed by atoms with E-state index in [1.54, 1.807) is 0 Å². The molecule has 0 saturated carbocycles. The van der Waals surface area contributed by atoms with E-state index in [4.69, 9.17) is 0 Å². The molecule has 1 aromatic heterocycles. The van der Waals surface area contributed by atoms with Gasteiger partial charge in [-0.1, -0.05) is 6.42 Å². The van der Waals surface area contributed by atoms with Gasteiger partial charge in [0, 0.05) is 24.6 Å². The summed E-state index contributed by atoms with van der Waals surface area (Å²) in [4.78, 5) is 4.07. The van der Waals surface area contributed by atoms with Crippen molar-refractivity contribution in [3.63, 3.8) is 0 Å². The molecule has 1 rings (SSSR count). The van der Waals surface area contributed by atoms with Gasteiger partial charge in [-0.3, -0.25) is 4.98 Å². The third-order valence-corrected chi connectivity index (χ3v) is 3.06. The lowest BCUT2D eigenvalue weighted by Crippen LogP contribution is -2.03. The van der Waals surface area contributed by atoms with Crippen molar-refractivity contribution in [3.05, 3.63) is 24.0 Å². The van der Waals surface area contributed by atoms with Crippen molar-refractivity contribution in [1.29, 1.82) is 0 Å². The molecule has 0 radical (unpaired) electrons. The summed E-state index contributed by atoms with van der Waals surface area (Å²) in [6.45, 7) is 3.16. The molecule has 1 N–H and O–H groups in total. The zero-order valence-corrected chi connectivity index (χ0v) is 10.4. The minimum Gasteiger partial charge on any atom is -0.385 e. The van der Waals surface area contributed by atoms with E-state index in [0.29, 0.717) is 0 Å². The molecule has 15 heavy (non-hydrogen) atoms. The summed E-state index contributed by atoms with van der Waals surface area (Å²) in [5.41, 5.74) is 2.44. The average Bonchev–Trinajstić information content (AvgIpc) is 2.25. The molecular formula is C12H20N2S. The van der Waals surface area contributed by atoms with Gasteiger partial charge in [0.25, 0.3) is 0 Å². The number of thioether (sulfide) groups is 1. The maximum atomic E-state index is 4.07. The molecule has 0 aliphatic carbocycles. The summed E-state index contributed by atoms with van der Waals surface area (Å²) in [6, 6.07) is 2.04. The number of unbranched alkanes of at least 4 members (excludes halogenated alkanes) is 2. The Kier molecular flexibility index (Phi) is 6.25. The standard InChI is InChI=1S/C12H20N2S/c1-11-10-13-8-6-12(11)14-7-4-3-5-9-15-2/h6,8,10H,3-5,7,9H2,1-2H3,(H,13,14). The lowest BCUT2D eigenvalue weighted by Gasteiger charge is -2.08. The first-order chi connectivity index (χ1) is 7.34. The Morgan fingerprint density at radius 1 is 1.33 bits per heavy atom. The monoisotopic (exact) mass is 224 g/mol. The maximum absolute atomic E-state index is 4.07. The van der Waals surface area contributed by atoms with Gasteiger partial charge >= 0.3 is 0 Å². The lowest BCUT2D eigenvalue weighted by atomic mass is 10.2. The van der Waals surface area contributed by atoms with Gasteiger partial charge in [-0.2, -0.15) is 11.8 Å². The molecule has 0 fully saturated rings. The van der Waals surface area contributed by atoms with Crippen LogP contribution in [-0.4, -0.2) is 23.5 Å². The van der Waals surface area contributed by atoms with Gasteiger partial charge in [0.05, 0.1) is 0 Å². The first-order valence-electron chi connectivity index (χ1n) is 5.48. The quantitative estimate of drug-likeness (QED) is 0.719. The Hall–Kier alpha value is -0.700. The number of nitrogens with one attached hydrogen (secondary N) is 1. The third kappa shape index (κ3) is 5.07. The van der Waals surface area contributed by atoms with Crippen LogP contribution in [0.1, 0.15) is 24.8 Å². The number of anilines is 1. The molecule has 1 aromatic rings. The molecule has 0 atom stereocenters. The predicted octanol–water partition coefficient (Wildman–Crippen LogP) is 3.34. The highest BCUT2D eigenvalue weighted by Crippen LogP contribution is 2.11. The van der Waals surface area contributed by atoms with E-state index in [1.807, 2.05) is 30.2 Å². The van der Waals surface area contributed by atoms with Crippen LogP contribution in [0, 0.1) is 6.92 Å². The first-order valence-corrected chi connectivity index (χ1v) is 6.87. The van der Waals surface area contributed by atoms with Crippen LogP contribution in [-0.2, 0) is 0 Å². The van der Waals surface area contributed by atoms with Crippen LogP contribution in [0.2, 0.25) is 0 Å². The van der Waals surface area contributed by atoms with Crippen LogP contribution in [0.3, 0.4) is 0 Å². The Balaban J connectivity index is 2.12. The smallest absolute Gasteiger partial charge is 0.0400 e. The number of aromatic nitrogens is 1. The molecule has 0 aliphatic heterocycles. The van der Waals surface area contributed by atoms with Gasteiger partial charge in [0.2, 0.25) is 0 Å². The highest BCUT2D eigenvalue weighted by atomic mass is 32.2. The van der Waals surface area contributed by atoms with E-state index >= 15 is 0 Å². The van der Waals surface area contributed by atoms with Gasteiger partial charge in [-0.05, 0) is 43.4 Å². The van der Waals surface area contributed by atoms with E-state index in [-0.39, 0.29) is 0 Å². The van der Waals surface area contributed by atoms with Crippen LogP contribution in [0.15, 0.2) is 18.5 Å². The fraction of sp³-hybridized carbons (Fsp3) is 0.583. The molecule has 0 amide bonds. The Bertz CT molecular complexity index is 276. The number of rotatable bonds is 7. The third-order valence-electron chi connectivity index (χ3n) is 2.36. The minimum absolute atomic E-state index is 1.07. The number of pyridine rings is 1. The fourth-order valence-electron chi connectivity index (χ4n) is 1.44. The second kappa shape index (κ2) is 7.57. The number of aryl methyl sites for hydroxylation is 1. The molecule has 0 aromatic carbocycles. The van der Waals surface area contributed by atoms with Crippen molar-refractivity contribution in [2.45, 2.75) is 26.2 Å². The second-order valence-electron chi connectivity index (χ2n) is 3.67. The number of hydrogen-bond acceptors (Lipinski definition) is 3. The molecule has 0 unspecified atom stereocenters. The van der Waals surface area contributed by atoms with E-state index in [9.17, 15) is 0 Å². The zero-order valence-electron chi connectivity index (χ0n) is 9.62. The van der Waals surface area contributed by atoms with Crippen LogP contribution in [0.25, 0.3) is 0 Å². The minimum atomic E-state index is 1.07. The van der Waals surface area contributed by atoms with Gasteiger partial charge in [0.15, 0.2) is 0 Å². The van der Waals surface area contributed by atoms with Gasteiger partial charge in [0.1, 0.15) is 0 Å². The van der Waals surface area contributed by atoms with E-state index in [0.717, 1.165) is 6.54 Å². The van der Waals surface area contributed by atoms with Crippen molar-refractivity contribution >= 4 is 17.4 Å². The molecule has 3 heteroatoms. The molecule has 0 spiro atoms. The zero-order chi connectivity index (χ0) is 10.9. The largest absolute Gasteiger partial charge is 0.385 e. The molecule has 0 saturated heterocycles. The summed E-state index contributed by atoms with van der Waals surface area (Å²) in [6.07, 6.45) is 9.80. The summed E-state index contributed by atoms with van der Waals surface area (Å²) >= 11 is 1.93. The van der Waals surface area contributed by atoms with Crippen molar-refractivity contribution < 1.29 is 0 Å². The Labute approximate surface area is 96.9 Å². The van der Waals surface area contributed by atoms with Crippen LogP contribution in [0.4, 0.5) is 5.69 Å². The van der Waals surface area contributed by atoms with E-state index in [2.05, 4.69) is 23.5 Å². The van der Waals surface area contributed by atoms with Crippen LogP contribution < -0.4 is 5.32 Å². The van der Waals surface area contributed by atoms with E-state index < -0.39 is 0 Å². The van der Waals surface area contributed by atoms with Crippen LogP contribution in [0.5, 0.6) is 0 Å². The van der Waals surface area contributed by atoms with Crippen molar-refractivity contribution in [2.75, 3.05) is 23.9 Å². The Morgan fingerprint density at radius 2 is 2.20 bits per heavy atom. The highest BCUT2D eigenvalue weighted by molar-refractivity contribution is 7.98. The lowest BCUT2D eigenvalue weighted by molar-refractivity contribution is 0.749. The molecule has 0 bridgehead atoms. The number of hydrogen-bond donors (Lipinski definition) is 1. The van der Waals surface area contributed by atoms with Crippen molar-refractivity contribution in [3.8, 4) is 0 Å². The molecule has 1 heterocycles.